The fraction of sp³-hybridized carbons (Fsp3) is 0.394. The predicted octanol–water partition coefficient (Wildman–Crippen LogP) is 2.75. The van der Waals surface area contributed by atoms with Gasteiger partial charge in [0.05, 0.1) is 24.4 Å². The number of aryl methyl sites for hydroxylation is 4. The van der Waals surface area contributed by atoms with E-state index in [4.69, 9.17) is 4.74 Å². The van der Waals surface area contributed by atoms with Crippen LogP contribution in [0.1, 0.15) is 66.7 Å². The molecule has 1 saturated carbocycles. The minimum Gasteiger partial charge on any atom is -0.466 e. The molecule has 0 radical (unpaired) electrons. The molecule has 51 heavy (non-hydrogen) atoms. The van der Waals surface area contributed by atoms with Crippen LogP contribution in [0.3, 0.4) is 0 Å². The number of imidazole rings is 2. The quantitative estimate of drug-likeness (QED) is 0.115. The molecule has 5 N–H and O–H groups in total. The Morgan fingerprint density at radius 3 is 1.82 bits per heavy atom. The Bertz CT molecular complexity index is 1980. The molecule has 5 amide bonds. The number of ether oxygens (including phenoxy) is 1. The van der Waals surface area contributed by atoms with Crippen molar-refractivity contribution in [3.05, 3.63) is 54.8 Å². The van der Waals surface area contributed by atoms with Crippen LogP contribution < -0.4 is 26.6 Å². The minimum atomic E-state index is -0.551. The zero-order chi connectivity index (χ0) is 36.9. The molecule has 1 aliphatic carbocycles. The van der Waals surface area contributed by atoms with E-state index in [0.717, 1.165) is 12.8 Å². The highest BCUT2D eigenvalue weighted by Gasteiger charge is 2.46. The van der Waals surface area contributed by atoms with Gasteiger partial charge >= 0.3 is 5.97 Å². The number of carbonyl (C=O) groups is 6. The summed E-state index contributed by atoms with van der Waals surface area (Å²) in [6, 6.07) is 3.19. The Kier molecular flexibility index (Phi) is 10.7. The van der Waals surface area contributed by atoms with Gasteiger partial charge in [0.2, 0.25) is 23.5 Å². The first kappa shape index (κ1) is 36.1. The highest BCUT2D eigenvalue weighted by Crippen LogP contribution is 2.52. The van der Waals surface area contributed by atoms with Crippen molar-refractivity contribution in [2.75, 3.05) is 33.2 Å². The van der Waals surface area contributed by atoms with Crippen LogP contribution in [0.5, 0.6) is 0 Å². The molecule has 270 valence electrons. The maximum absolute atomic E-state index is 13.1. The molecule has 0 saturated heterocycles. The van der Waals surface area contributed by atoms with E-state index >= 15 is 0 Å². The lowest BCUT2D eigenvalue weighted by molar-refractivity contribution is -0.144. The third-order valence-electron chi connectivity index (χ3n) is 8.33. The number of carbonyl (C=O) groups excluding carboxylic acids is 6. The van der Waals surface area contributed by atoms with E-state index in [-0.39, 0.29) is 60.4 Å². The van der Waals surface area contributed by atoms with Crippen LogP contribution in [-0.4, -0.2) is 70.3 Å². The van der Waals surface area contributed by atoms with E-state index in [2.05, 4.69) is 36.6 Å². The molecule has 5 rings (SSSR count). The molecule has 0 aliphatic heterocycles. The number of nitrogens with zero attached hydrogens (tertiary/aromatic N) is 6. The lowest BCUT2D eigenvalue weighted by atomic mass is 9.98. The number of hydrogen-bond acceptors (Lipinski definition) is 9. The van der Waals surface area contributed by atoms with E-state index in [1.165, 1.54) is 17.0 Å². The average Bonchev–Trinajstić information content (AvgIpc) is 3.35. The number of amides is 5. The lowest BCUT2D eigenvalue weighted by Gasteiger charge is -2.14. The Balaban J connectivity index is 1.08. The molecule has 4 aromatic rings. The molecular formula is C33H41N11O7. The second-order valence-corrected chi connectivity index (χ2v) is 12.6. The zero-order valence-corrected chi connectivity index (χ0v) is 29.0. The summed E-state index contributed by atoms with van der Waals surface area (Å²) in [6.45, 7) is 2.04. The van der Waals surface area contributed by atoms with Gasteiger partial charge in [-0.15, -0.1) is 0 Å². The first-order valence-electron chi connectivity index (χ1n) is 16.3. The Labute approximate surface area is 292 Å². The van der Waals surface area contributed by atoms with Crippen molar-refractivity contribution in [1.82, 2.24) is 28.2 Å². The second-order valence-electron chi connectivity index (χ2n) is 12.6. The van der Waals surface area contributed by atoms with Gasteiger partial charge in [-0.1, -0.05) is 0 Å². The van der Waals surface area contributed by atoms with Gasteiger partial charge in [0.15, 0.2) is 11.6 Å². The van der Waals surface area contributed by atoms with Crippen molar-refractivity contribution >= 4 is 64.3 Å². The van der Waals surface area contributed by atoms with Crippen molar-refractivity contribution in [3.63, 3.8) is 0 Å². The molecule has 18 heteroatoms. The van der Waals surface area contributed by atoms with Gasteiger partial charge in [0.25, 0.3) is 11.8 Å². The Hall–Kier alpha value is -6.20. The highest BCUT2D eigenvalue weighted by atomic mass is 16.5. The largest absolute Gasteiger partial charge is 0.466 e. The van der Waals surface area contributed by atoms with E-state index in [0.29, 0.717) is 29.6 Å². The fourth-order valence-corrected chi connectivity index (χ4v) is 5.49. The highest BCUT2D eigenvalue weighted by molar-refractivity contribution is 6.04. The van der Waals surface area contributed by atoms with Gasteiger partial charge in [-0.25, -0.2) is 9.97 Å². The third kappa shape index (κ3) is 9.28. The molecule has 0 spiro atoms. The molecule has 0 bridgehead atoms. The van der Waals surface area contributed by atoms with Gasteiger partial charge in [-0.05, 0) is 25.2 Å². The number of aromatic nitrogens is 6. The number of rotatable bonds is 15. The maximum Gasteiger partial charge on any atom is 0.306 e. The number of esters is 1. The second kappa shape index (κ2) is 15.1. The van der Waals surface area contributed by atoms with Gasteiger partial charge in [0.1, 0.15) is 11.6 Å². The average molecular weight is 704 g/mol. The number of nitrogens with one attached hydrogen (secondary N) is 5. The summed E-state index contributed by atoms with van der Waals surface area (Å²) in [5.74, 6) is -1.16. The Morgan fingerprint density at radius 1 is 0.706 bits per heavy atom. The molecule has 18 nitrogen and oxygen atoms in total. The molecule has 4 aromatic heterocycles. The van der Waals surface area contributed by atoms with Gasteiger partial charge in [-0.3, -0.25) is 28.8 Å². The van der Waals surface area contributed by atoms with E-state index in [1.807, 2.05) is 0 Å². The summed E-state index contributed by atoms with van der Waals surface area (Å²) in [4.78, 5) is 83.6. The molecule has 0 aromatic carbocycles. The summed E-state index contributed by atoms with van der Waals surface area (Å²) in [7, 11) is 6.71. The molecule has 0 atom stereocenters. The molecule has 1 aliphatic rings. The van der Waals surface area contributed by atoms with Crippen LogP contribution >= 0.6 is 0 Å². The Morgan fingerprint density at radius 2 is 1.27 bits per heavy atom. The summed E-state index contributed by atoms with van der Waals surface area (Å²) in [5.41, 5.74) is 0.496. The third-order valence-corrected chi connectivity index (χ3v) is 8.33. The normalized spacial score (nSPS) is 12.9. The SMILES string of the molecule is CCOC(=O)CC1(CC(=O)Nc2cc(NC(=O)c3nc(NC(=O)CCC(=O)Nc4cc(NC(=O)c5nccn5C)cn4C)cn3C)cn2C)CC1. The van der Waals surface area contributed by atoms with E-state index in [1.54, 1.807) is 79.5 Å². The van der Waals surface area contributed by atoms with Crippen molar-refractivity contribution in [2.45, 2.75) is 45.4 Å². The lowest BCUT2D eigenvalue weighted by Crippen LogP contribution is -2.21. The number of hydrogen-bond donors (Lipinski definition) is 5. The van der Waals surface area contributed by atoms with Crippen molar-refractivity contribution in [3.8, 4) is 0 Å². The fourth-order valence-electron chi connectivity index (χ4n) is 5.49. The maximum atomic E-state index is 13.1. The smallest absolute Gasteiger partial charge is 0.306 e. The number of anilines is 5. The van der Waals surface area contributed by atoms with Crippen LogP contribution in [0.15, 0.2) is 43.1 Å². The minimum absolute atomic E-state index is 0.0154. The molecule has 4 heterocycles. The van der Waals surface area contributed by atoms with Crippen LogP contribution in [0.25, 0.3) is 0 Å². The van der Waals surface area contributed by atoms with Crippen LogP contribution in [-0.2, 0) is 52.1 Å². The molecular weight excluding hydrogens is 662 g/mol. The summed E-state index contributed by atoms with van der Waals surface area (Å²) in [6.07, 6.45) is 9.57. The predicted molar refractivity (Wildman–Crippen MR) is 186 cm³/mol. The summed E-state index contributed by atoms with van der Waals surface area (Å²) < 4.78 is 11.3. The van der Waals surface area contributed by atoms with Gasteiger partial charge in [0, 0.05) is 90.6 Å². The van der Waals surface area contributed by atoms with Crippen LogP contribution in [0, 0.1) is 5.41 Å². The summed E-state index contributed by atoms with van der Waals surface area (Å²) >= 11 is 0. The van der Waals surface area contributed by atoms with Gasteiger partial charge < -0.3 is 49.6 Å². The first-order chi connectivity index (χ1) is 24.2. The van der Waals surface area contributed by atoms with E-state index in [9.17, 15) is 28.8 Å². The standard InChI is InChI=1S/C33H41N11O7/c1-6-51-28(48)16-33(9-10-33)15-27(47)40-24-14-21(18-43(24)4)36-32(50)30-38-22(19-44(30)5)37-25(45)7-8-26(46)39-23-13-20(17-42(23)3)35-31(49)29-34-11-12-41(29)2/h11-14,17-19H,6-10,15-16H2,1-5H3,(H,35,49)(H,36,50)(H,37,45)(H,39,46)(H,40,47). The van der Waals surface area contributed by atoms with Crippen molar-refractivity contribution < 1.29 is 33.5 Å². The van der Waals surface area contributed by atoms with Crippen LogP contribution in [0.4, 0.5) is 28.8 Å². The molecule has 1 fully saturated rings. The van der Waals surface area contributed by atoms with Crippen molar-refractivity contribution in [1.29, 1.82) is 0 Å². The zero-order valence-electron chi connectivity index (χ0n) is 29.0. The monoisotopic (exact) mass is 703 g/mol. The first-order valence-corrected chi connectivity index (χ1v) is 16.3. The summed E-state index contributed by atoms with van der Waals surface area (Å²) in [5, 5.41) is 13.6. The topological polar surface area (TPSA) is 217 Å². The van der Waals surface area contributed by atoms with E-state index < -0.39 is 23.6 Å². The van der Waals surface area contributed by atoms with Crippen LogP contribution in [0.2, 0.25) is 0 Å². The van der Waals surface area contributed by atoms with Gasteiger partial charge in [-0.2, -0.15) is 0 Å². The van der Waals surface area contributed by atoms with Crippen molar-refractivity contribution in [2.24, 2.45) is 33.6 Å². The molecule has 0 unspecified atom stereocenters.